The molecule has 5 nitrogen and oxygen atoms in total. The number of benzene rings is 1. The number of aromatic nitrogens is 2. The Kier molecular flexibility index (Phi) is 4.43. The van der Waals surface area contributed by atoms with Crippen molar-refractivity contribution in [2.75, 3.05) is 26.0 Å². The first-order valence-electron chi connectivity index (χ1n) is 7.70. The SMILES string of the molecule is COc1cccc(F)c1C(C)Nc1ncnc2c1CN(C)CC2. The standard InChI is InChI=1S/C17H21FN4O/c1-11(16-13(18)5-4-6-15(16)23-3)21-17-12-9-22(2)8-7-14(12)19-10-20-17/h4-6,10-11H,7-9H2,1-3H3,(H,19,20,21). The minimum Gasteiger partial charge on any atom is -0.496 e. The van der Waals surface area contributed by atoms with Crippen LogP contribution in [0, 0.1) is 5.82 Å². The van der Waals surface area contributed by atoms with Crippen LogP contribution in [0.4, 0.5) is 10.2 Å². The van der Waals surface area contributed by atoms with Gasteiger partial charge < -0.3 is 15.0 Å². The van der Waals surface area contributed by atoms with Crippen molar-refractivity contribution in [1.29, 1.82) is 0 Å². The van der Waals surface area contributed by atoms with Crippen molar-refractivity contribution < 1.29 is 9.13 Å². The second-order valence-electron chi connectivity index (χ2n) is 5.86. The fourth-order valence-corrected chi connectivity index (χ4v) is 2.99. The monoisotopic (exact) mass is 316 g/mol. The molecule has 1 aromatic carbocycles. The number of nitrogens with zero attached hydrogens (tertiary/aromatic N) is 3. The van der Waals surface area contributed by atoms with E-state index in [1.807, 2.05) is 6.92 Å². The lowest BCUT2D eigenvalue weighted by Gasteiger charge is -2.27. The highest BCUT2D eigenvalue weighted by atomic mass is 19.1. The van der Waals surface area contributed by atoms with Gasteiger partial charge in [-0.15, -0.1) is 0 Å². The highest BCUT2D eigenvalue weighted by Crippen LogP contribution is 2.31. The van der Waals surface area contributed by atoms with Gasteiger partial charge in [0.1, 0.15) is 23.7 Å². The molecule has 1 aliphatic rings. The van der Waals surface area contributed by atoms with Crippen LogP contribution in [0.3, 0.4) is 0 Å². The maximum atomic E-state index is 14.2. The Balaban J connectivity index is 1.91. The summed E-state index contributed by atoms with van der Waals surface area (Å²) in [4.78, 5) is 11.0. The molecule has 3 rings (SSSR count). The molecule has 0 amide bonds. The van der Waals surface area contributed by atoms with E-state index in [-0.39, 0.29) is 11.9 Å². The van der Waals surface area contributed by atoms with E-state index in [0.29, 0.717) is 11.3 Å². The highest BCUT2D eigenvalue weighted by Gasteiger charge is 2.22. The van der Waals surface area contributed by atoms with Crippen LogP contribution in [0.1, 0.15) is 29.8 Å². The maximum absolute atomic E-state index is 14.2. The molecule has 1 unspecified atom stereocenters. The third kappa shape index (κ3) is 3.12. The van der Waals surface area contributed by atoms with Crippen LogP contribution in [0.2, 0.25) is 0 Å². The van der Waals surface area contributed by atoms with Crippen LogP contribution < -0.4 is 10.1 Å². The molecular weight excluding hydrogens is 295 g/mol. The molecule has 1 aliphatic heterocycles. The lowest BCUT2D eigenvalue weighted by atomic mass is 10.0. The number of hydrogen-bond acceptors (Lipinski definition) is 5. The smallest absolute Gasteiger partial charge is 0.134 e. The summed E-state index contributed by atoms with van der Waals surface area (Å²) in [5.74, 6) is 1.01. The summed E-state index contributed by atoms with van der Waals surface area (Å²) in [6.45, 7) is 3.68. The predicted octanol–water partition coefficient (Wildman–Crippen LogP) is 2.79. The van der Waals surface area contributed by atoms with Crippen molar-refractivity contribution in [2.45, 2.75) is 25.9 Å². The number of ether oxygens (including phenoxy) is 1. The van der Waals surface area contributed by atoms with Crippen LogP contribution in [0.25, 0.3) is 0 Å². The molecular formula is C17H21FN4O. The molecule has 0 spiro atoms. The van der Waals surface area contributed by atoms with Gasteiger partial charge in [0.05, 0.1) is 24.4 Å². The zero-order valence-electron chi connectivity index (χ0n) is 13.6. The third-order valence-electron chi connectivity index (χ3n) is 4.21. The van der Waals surface area contributed by atoms with Crippen LogP contribution in [0.15, 0.2) is 24.5 Å². The molecule has 2 heterocycles. The van der Waals surface area contributed by atoms with Crippen molar-refractivity contribution in [2.24, 2.45) is 0 Å². The van der Waals surface area contributed by atoms with Crippen LogP contribution in [-0.4, -0.2) is 35.6 Å². The van der Waals surface area contributed by atoms with Gasteiger partial charge in [-0.2, -0.15) is 0 Å². The van der Waals surface area contributed by atoms with Crippen molar-refractivity contribution >= 4 is 5.82 Å². The highest BCUT2D eigenvalue weighted by molar-refractivity contribution is 5.50. The van der Waals surface area contributed by atoms with E-state index in [4.69, 9.17) is 4.74 Å². The lowest BCUT2D eigenvalue weighted by Crippen LogP contribution is -2.29. The minimum absolute atomic E-state index is 0.266. The Morgan fingerprint density at radius 3 is 2.96 bits per heavy atom. The van der Waals surface area contributed by atoms with E-state index >= 15 is 0 Å². The number of fused-ring (bicyclic) bond motifs is 1. The number of rotatable bonds is 4. The first-order chi connectivity index (χ1) is 11.1. The minimum atomic E-state index is -0.288. The topological polar surface area (TPSA) is 50.3 Å². The molecule has 23 heavy (non-hydrogen) atoms. The number of nitrogens with one attached hydrogen (secondary N) is 1. The van der Waals surface area contributed by atoms with Crippen LogP contribution >= 0.6 is 0 Å². The Labute approximate surface area is 135 Å². The number of halogens is 1. The Morgan fingerprint density at radius 1 is 1.35 bits per heavy atom. The van der Waals surface area contributed by atoms with Crippen molar-refractivity contribution in [3.05, 3.63) is 47.2 Å². The molecule has 0 saturated carbocycles. The third-order valence-corrected chi connectivity index (χ3v) is 4.21. The van der Waals surface area contributed by atoms with E-state index in [1.165, 1.54) is 6.07 Å². The molecule has 0 radical (unpaired) electrons. The molecule has 1 aromatic heterocycles. The van der Waals surface area contributed by atoms with Gasteiger partial charge in [-0.3, -0.25) is 0 Å². The van der Waals surface area contributed by atoms with Crippen molar-refractivity contribution in [3.8, 4) is 5.75 Å². The molecule has 0 bridgehead atoms. The number of anilines is 1. The van der Waals surface area contributed by atoms with Crippen LogP contribution in [0.5, 0.6) is 5.75 Å². The second-order valence-corrected chi connectivity index (χ2v) is 5.86. The molecule has 1 atom stereocenters. The summed E-state index contributed by atoms with van der Waals surface area (Å²) >= 11 is 0. The van der Waals surface area contributed by atoms with Gasteiger partial charge in [0.2, 0.25) is 0 Å². The van der Waals surface area contributed by atoms with E-state index in [0.717, 1.165) is 36.6 Å². The van der Waals surface area contributed by atoms with E-state index in [2.05, 4.69) is 27.2 Å². The summed E-state index contributed by atoms with van der Waals surface area (Å²) in [6, 6.07) is 4.59. The zero-order valence-corrected chi connectivity index (χ0v) is 13.6. The molecule has 1 N–H and O–H groups in total. The van der Waals surface area contributed by atoms with Gasteiger partial charge in [0, 0.05) is 25.1 Å². The average Bonchev–Trinajstić information content (AvgIpc) is 2.55. The van der Waals surface area contributed by atoms with E-state index in [1.54, 1.807) is 25.6 Å². The largest absolute Gasteiger partial charge is 0.496 e. The summed E-state index contributed by atoms with van der Waals surface area (Å²) in [5.41, 5.74) is 2.66. The predicted molar refractivity (Wildman–Crippen MR) is 87.1 cm³/mol. The van der Waals surface area contributed by atoms with Gasteiger partial charge in [0.15, 0.2) is 0 Å². The normalized spacial score (nSPS) is 15.8. The van der Waals surface area contributed by atoms with Gasteiger partial charge in [-0.25, -0.2) is 14.4 Å². The Morgan fingerprint density at radius 2 is 2.17 bits per heavy atom. The molecule has 0 saturated heterocycles. The Hall–Kier alpha value is -2.21. The lowest BCUT2D eigenvalue weighted by molar-refractivity contribution is 0.309. The van der Waals surface area contributed by atoms with Gasteiger partial charge >= 0.3 is 0 Å². The molecule has 0 fully saturated rings. The van der Waals surface area contributed by atoms with Crippen molar-refractivity contribution in [1.82, 2.24) is 14.9 Å². The van der Waals surface area contributed by atoms with E-state index < -0.39 is 0 Å². The van der Waals surface area contributed by atoms with Gasteiger partial charge in [0.25, 0.3) is 0 Å². The van der Waals surface area contributed by atoms with E-state index in [9.17, 15) is 4.39 Å². The second kappa shape index (κ2) is 6.50. The molecule has 122 valence electrons. The zero-order chi connectivity index (χ0) is 16.4. The number of hydrogen-bond donors (Lipinski definition) is 1. The number of likely N-dealkylation sites (N-methyl/N-ethyl adjacent to an activating group) is 1. The molecule has 2 aromatic rings. The molecule has 0 aliphatic carbocycles. The fourth-order valence-electron chi connectivity index (χ4n) is 2.99. The van der Waals surface area contributed by atoms with Crippen LogP contribution in [-0.2, 0) is 13.0 Å². The first-order valence-corrected chi connectivity index (χ1v) is 7.70. The van der Waals surface area contributed by atoms with Gasteiger partial charge in [-0.05, 0) is 26.1 Å². The van der Waals surface area contributed by atoms with Gasteiger partial charge in [-0.1, -0.05) is 6.07 Å². The average molecular weight is 316 g/mol. The summed E-state index contributed by atoms with van der Waals surface area (Å²) in [6.07, 6.45) is 2.47. The molecule has 6 heteroatoms. The maximum Gasteiger partial charge on any atom is 0.134 e. The number of methoxy groups -OCH3 is 1. The first kappa shape index (κ1) is 15.7. The summed E-state index contributed by atoms with van der Waals surface area (Å²) in [5, 5.41) is 3.32. The quantitative estimate of drug-likeness (QED) is 0.940. The summed E-state index contributed by atoms with van der Waals surface area (Å²) < 4.78 is 19.5. The summed E-state index contributed by atoms with van der Waals surface area (Å²) in [7, 11) is 3.62. The Bertz CT molecular complexity index is 707. The van der Waals surface area contributed by atoms with Crippen molar-refractivity contribution in [3.63, 3.8) is 0 Å². The fraction of sp³-hybridized carbons (Fsp3) is 0.412.